The second-order valence-electron chi connectivity index (χ2n) is 5.74. The van der Waals surface area contributed by atoms with Crippen LogP contribution in [0.5, 0.6) is 0 Å². The molecule has 4 rings (SSSR count). The van der Waals surface area contributed by atoms with Gasteiger partial charge in [0.25, 0.3) is 5.91 Å². The standard InChI is InChI=1S/C13H14N6OS.C2HF3O2/c20-12(9-7-10-11(17-9)16-8-21-10)18-3-5-19(6-4-18)13-14-1-2-15-13;3-2(4,5)1(6)7/h1-2,7-8,17H,3-6H2,(H,14,15);(H,6,7). The van der Waals surface area contributed by atoms with Crippen molar-refractivity contribution in [2.24, 2.45) is 0 Å². The lowest BCUT2D eigenvalue weighted by atomic mass is 10.3. The number of halogens is 3. The van der Waals surface area contributed by atoms with Gasteiger partial charge in [0, 0.05) is 38.6 Å². The summed E-state index contributed by atoms with van der Waals surface area (Å²) in [7, 11) is 0. The number of carbonyl (C=O) groups is 2. The van der Waals surface area contributed by atoms with Gasteiger partial charge in [-0.05, 0) is 6.07 Å². The molecule has 0 atom stereocenters. The van der Waals surface area contributed by atoms with E-state index in [4.69, 9.17) is 9.90 Å². The number of amides is 1. The number of fused-ring (bicyclic) bond motifs is 1. The second-order valence-corrected chi connectivity index (χ2v) is 6.63. The summed E-state index contributed by atoms with van der Waals surface area (Å²) in [5.41, 5.74) is 3.19. The average molecular weight is 416 g/mol. The number of H-pyrrole nitrogens is 2. The summed E-state index contributed by atoms with van der Waals surface area (Å²) in [5, 5.41) is 7.12. The molecule has 3 N–H and O–H groups in total. The first-order chi connectivity index (χ1) is 13.3. The van der Waals surface area contributed by atoms with Crippen LogP contribution in [0.3, 0.4) is 0 Å². The SMILES string of the molecule is O=C(O)C(F)(F)F.O=C(c1cc2scnc2[nH]1)N1CCN(c2ncc[nH]2)CC1. The molecule has 0 bridgehead atoms. The highest BCUT2D eigenvalue weighted by Crippen LogP contribution is 2.20. The number of anilines is 1. The van der Waals surface area contributed by atoms with Gasteiger partial charge in [-0.25, -0.2) is 14.8 Å². The van der Waals surface area contributed by atoms with Crippen LogP contribution in [-0.2, 0) is 4.79 Å². The van der Waals surface area contributed by atoms with Crippen LogP contribution in [-0.4, -0.2) is 74.2 Å². The zero-order valence-corrected chi connectivity index (χ0v) is 15.0. The Bertz CT molecular complexity index is 915. The van der Waals surface area contributed by atoms with Crippen LogP contribution in [0.1, 0.15) is 10.5 Å². The molecule has 1 saturated heterocycles. The molecular weight excluding hydrogens is 401 g/mol. The lowest BCUT2D eigenvalue weighted by molar-refractivity contribution is -0.192. The van der Waals surface area contributed by atoms with E-state index >= 15 is 0 Å². The number of nitrogens with one attached hydrogen (secondary N) is 2. The number of piperazine rings is 1. The van der Waals surface area contributed by atoms with Gasteiger partial charge < -0.3 is 24.9 Å². The molecule has 0 aromatic carbocycles. The predicted octanol–water partition coefficient (Wildman–Crippen LogP) is 1.94. The van der Waals surface area contributed by atoms with Gasteiger partial charge in [0.2, 0.25) is 5.95 Å². The number of aliphatic carboxylic acids is 1. The fourth-order valence-corrected chi connectivity index (χ4v) is 3.26. The Labute approximate surface area is 159 Å². The van der Waals surface area contributed by atoms with Gasteiger partial charge in [0.15, 0.2) is 0 Å². The molecule has 1 fully saturated rings. The van der Waals surface area contributed by atoms with Crippen molar-refractivity contribution in [3.63, 3.8) is 0 Å². The van der Waals surface area contributed by atoms with Crippen molar-refractivity contribution in [2.45, 2.75) is 6.18 Å². The van der Waals surface area contributed by atoms with E-state index in [1.165, 1.54) is 11.3 Å². The number of rotatable bonds is 2. The van der Waals surface area contributed by atoms with Crippen LogP contribution in [0, 0.1) is 0 Å². The highest BCUT2D eigenvalue weighted by atomic mass is 32.1. The van der Waals surface area contributed by atoms with E-state index in [9.17, 15) is 18.0 Å². The molecule has 0 unspecified atom stereocenters. The van der Waals surface area contributed by atoms with Crippen LogP contribution >= 0.6 is 11.3 Å². The van der Waals surface area contributed by atoms with E-state index in [2.05, 4.69) is 24.8 Å². The lowest BCUT2D eigenvalue weighted by Crippen LogP contribution is -2.49. The van der Waals surface area contributed by atoms with Gasteiger partial charge in [-0.1, -0.05) is 0 Å². The smallest absolute Gasteiger partial charge is 0.475 e. The molecule has 9 nitrogen and oxygen atoms in total. The van der Waals surface area contributed by atoms with Gasteiger partial charge in [-0.2, -0.15) is 13.2 Å². The first-order valence-corrected chi connectivity index (χ1v) is 8.89. The number of hydrogen-bond acceptors (Lipinski definition) is 6. The van der Waals surface area contributed by atoms with E-state index in [-0.39, 0.29) is 5.91 Å². The maximum Gasteiger partial charge on any atom is 0.490 e. The van der Waals surface area contributed by atoms with Crippen molar-refractivity contribution in [2.75, 3.05) is 31.1 Å². The number of nitrogens with zero attached hydrogens (tertiary/aromatic N) is 4. The third kappa shape index (κ3) is 4.42. The Morgan fingerprint density at radius 3 is 2.39 bits per heavy atom. The number of alkyl halides is 3. The maximum atomic E-state index is 12.5. The Kier molecular flexibility index (Phi) is 5.53. The topological polar surface area (TPSA) is 118 Å². The molecule has 150 valence electrons. The van der Waals surface area contributed by atoms with Crippen LogP contribution in [0.2, 0.25) is 0 Å². The quantitative estimate of drug-likeness (QED) is 0.588. The van der Waals surface area contributed by atoms with E-state index in [0.29, 0.717) is 18.8 Å². The molecular formula is C15H15F3N6O3S. The number of aromatic amines is 2. The van der Waals surface area contributed by atoms with Crippen LogP contribution in [0.25, 0.3) is 10.3 Å². The zero-order valence-electron chi connectivity index (χ0n) is 14.2. The van der Waals surface area contributed by atoms with Gasteiger partial charge in [0.05, 0.1) is 10.2 Å². The number of carbonyl (C=O) groups excluding carboxylic acids is 1. The molecule has 28 heavy (non-hydrogen) atoms. The summed E-state index contributed by atoms with van der Waals surface area (Å²) in [6.07, 6.45) is -1.53. The molecule has 0 aliphatic carbocycles. The van der Waals surface area contributed by atoms with Gasteiger partial charge in [-0.15, -0.1) is 11.3 Å². The molecule has 3 aromatic rings. The minimum atomic E-state index is -5.08. The fourth-order valence-electron chi connectivity index (χ4n) is 2.58. The Balaban J connectivity index is 0.000000279. The molecule has 3 aromatic heterocycles. The highest BCUT2D eigenvalue weighted by Gasteiger charge is 2.38. The third-order valence-electron chi connectivity index (χ3n) is 3.95. The van der Waals surface area contributed by atoms with Crippen LogP contribution < -0.4 is 4.90 Å². The summed E-state index contributed by atoms with van der Waals surface area (Å²) in [6, 6.07) is 1.88. The molecule has 1 amide bonds. The fraction of sp³-hybridized carbons (Fsp3) is 0.333. The molecule has 4 heterocycles. The van der Waals surface area contributed by atoms with E-state index in [0.717, 1.165) is 29.4 Å². The minimum absolute atomic E-state index is 0.0410. The van der Waals surface area contributed by atoms with Crippen LogP contribution in [0.4, 0.5) is 19.1 Å². The lowest BCUT2D eigenvalue weighted by Gasteiger charge is -2.34. The van der Waals surface area contributed by atoms with Gasteiger partial charge in [-0.3, -0.25) is 4.79 Å². The Hall–Kier alpha value is -3.09. The maximum absolute atomic E-state index is 12.5. The Morgan fingerprint density at radius 2 is 1.86 bits per heavy atom. The normalized spacial score (nSPS) is 14.7. The average Bonchev–Trinajstić information content (AvgIpc) is 3.38. The van der Waals surface area contributed by atoms with Crippen molar-refractivity contribution in [3.8, 4) is 0 Å². The van der Waals surface area contributed by atoms with E-state index in [1.807, 2.05) is 17.2 Å². The zero-order chi connectivity index (χ0) is 20.3. The molecule has 0 spiro atoms. The summed E-state index contributed by atoms with van der Waals surface area (Å²) >= 11 is 1.54. The number of aromatic nitrogens is 4. The highest BCUT2D eigenvalue weighted by molar-refractivity contribution is 7.16. The minimum Gasteiger partial charge on any atom is -0.475 e. The molecule has 1 aliphatic heterocycles. The number of carboxylic acids is 1. The first-order valence-electron chi connectivity index (χ1n) is 8.01. The van der Waals surface area contributed by atoms with Crippen molar-refractivity contribution >= 4 is 39.5 Å². The molecule has 0 radical (unpaired) electrons. The van der Waals surface area contributed by atoms with E-state index < -0.39 is 12.1 Å². The molecule has 0 saturated carbocycles. The number of carboxylic acid groups (broad SMARTS) is 1. The monoisotopic (exact) mass is 416 g/mol. The summed E-state index contributed by atoms with van der Waals surface area (Å²) in [5.74, 6) is -1.85. The molecule has 13 heteroatoms. The molecule has 1 aliphatic rings. The van der Waals surface area contributed by atoms with Crippen molar-refractivity contribution in [1.29, 1.82) is 0 Å². The van der Waals surface area contributed by atoms with Gasteiger partial charge >= 0.3 is 12.1 Å². The largest absolute Gasteiger partial charge is 0.490 e. The Morgan fingerprint density at radius 1 is 1.18 bits per heavy atom. The number of thiazole rings is 1. The second kappa shape index (κ2) is 7.88. The summed E-state index contributed by atoms with van der Waals surface area (Å²) in [6.45, 7) is 2.96. The van der Waals surface area contributed by atoms with Crippen molar-refractivity contribution in [1.82, 2.24) is 24.8 Å². The predicted molar refractivity (Wildman–Crippen MR) is 94.4 cm³/mol. The third-order valence-corrected chi connectivity index (χ3v) is 4.72. The number of imidazole rings is 1. The first kappa shape index (κ1) is 19.7. The number of hydrogen-bond donors (Lipinski definition) is 3. The van der Waals surface area contributed by atoms with Crippen molar-refractivity contribution in [3.05, 3.63) is 29.7 Å². The van der Waals surface area contributed by atoms with Crippen molar-refractivity contribution < 1.29 is 27.9 Å². The van der Waals surface area contributed by atoms with E-state index in [1.54, 1.807) is 11.7 Å². The van der Waals surface area contributed by atoms with Crippen LogP contribution in [0.15, 0.2) is 24.0 Å². The van der Waals surface area contributed by atoms with Gasteiger partial charge in [0.1, 0.15) is 11.3 Å². The summed E-state index contributed by atoms with van der Waals surface area (Å²) in [4.78, 5) is 40.0. The summed E-state index contributed by atoms with van der Waals surface area (Å²) < 4.78 is 32.8.